The van der Waals surface area contributed by atoms with Gasteiger partial charge in [0.25, 0.3) is 0 Å². The molecule has 4 aromatic carbocycles. The Morgan fingerprint density at radius 3 is 1.69 bits per heavy atom. The Kier molecular flexibility index (Phi) is 6.80. The van der Waals surface area contributed by atoms with Crippen LogP contribution < -0.4 is 0 Å². The van der Waals surface area contributed by atoms with Gasteiger partial charge in [-0.3, -0.25) is 0 Å². The Hall–Kier alpha value is -3.26. The second-order valence-electron chi connectivity index (χ2n) is 8.46. The molecule has 0 nitrogen and oxygen atoms in total. The molecule has 0 fully saturated rings. The summed E-state index contributed by atoms with van der Waals surface area (Å²) in [5.74, 6) is -0.469. The Morgan fingerprint density at radius 1 is 0.656 bits per heavy atom. The molecular weight excluding hydrogens is 398 g/mol. The van der Waals surface area contributed by atoms with Crippen molar-refractivity contribution in [2.24, 2.45) is 0 Å². The summed E-state index contributed by atoms with van der Waals surface area (Å²) < 4.78 is 28.6. The molecule has 0 aliphatic heterocycles. The van der Waals surface area contributed by atoms with Gasteiger partial charge in [-0.05, 0) is 64.3 Å². The van der Waals surface area contributed by atoms with Crippen LogP contribution >= 0.6 is 0 Å². The largest absolute Gasteiger partial charge is 0.207 e. The fourth-order valence-corrected chi connectivity index (χ4v) is 4.20. The van der Waals surface area contributed by atoms with Gasteiger partial charge in [-0.1, -0.05) is 99.1 Å². The molecule has 0 radical (unpaired) electrons. The van der Waals surface area contributed by atoms with E-state index in [1.54, 1.807) is 0 Å². The van der Waals surface area contributed by atoms with Gasteiger partial charge < -0.3 is 0 Å². The lowest BCUT2D eigenvalue weighted by Crippen LogP contribution is -1.98. The molecule has 32 heavy (non-hydrogen) atoms. The standard InChI is InChI=1S/C30H28F2/c1-3-7-28-29(31)19-27(20-30(28)32)26-16-14-25(15-17-26)24-12-10-22(11-13-24)18-21(2)23-8-5-4-6-9-23/h4-6,8-17,19-21H,3,7,18H2,1-2H3. The quantitative estimate of drug-likeness (QED) is 0.277. The lowest BCUT2D eigenvalue weighted by molar-refractivity contribution is 0.554. The summed E-state index contributed by atoms with van der Waals surface area (Å²) >= 11 is 0. The van der Waals surface area contributed by atoms with Crippen LogP contribution in [-0.2, 0) is 12.8 Å². The molecule has 1 unspecified atom stereocenters. The van der Waals surface area contributed by atoms with Crippen molar-refractivity contribution in [2.75, 3.05) is 0 Å². The van der Waals surface area contributed by atoms with E-state index in [1.165, 1.54) is 23.3 Å². The molecule has 0 amide bonds. The zero-order chi connectivity index (χ0) is 22.5. The molecule has 0 spiro atoms. The van der Waals surface area contributed by atoms with E-state index >= 15 is 0 Å². The van der Waals surface area contributed by atoms with Gasteiger partial charge in [0, 0.05) is 5.56 Å². The lowest BCUT2D eigenvalue weighted by Gasteiger charge is -2.12. The van der Waals surface area contributed by atoms with Gasteiger partial charge in [-0.15, -0.1) is 0 Å². The minimum atomic E-state index is -0.466. The predicted octanol–water partition coefficient (Wildman–Crippen LogP) is 8.60. The topological polar surface area (TPSA) is 0 Å². The van der Waals surface area contributed by atoms with Crippen molar-refractivity contribution in [3.63, 3.8) is 0 Å². The van der Waals surface area contributed by atoms with E-state index in [0.717, 1.165) is 23.1 Å². The van der Waals surface area contributed by atoms with E-state index < -0.39 is 11.6 Å². The Balaban J connectivity index is 1.48. The minimum Gasteiger partial charge on any atom is -0.207 e. The van der Waals surface area contributed by atoms with Crippen molar-refractivity contribution in [2.45, 2.75) is 39.0 Å². The first-order valence-corrected chi connectivity index (χ1v) is 11.3. The van der Waals surface area contributed by atoms with E-state index in [9.17, 15) is 8.78 Å². The number of hydrogen-bond donors (Lipinski definition) is 0. The third kappa shape index (κ3) is 4.96. The molecular formula is C30H28F2. The van der Waals surface area contributed by atoms with Crippen LogP contribution in [0, 0.1) is 11.6 Å². The van der Waals surface area contributed by atoms with Crippen LogP contribution in [0.2, 0.25) is 0 Å². The van der Waals surface area contributed by atoms with Crippen molar-refractivity contribution >= 4 is 0 Å². The molecule has 2 heteroatoms. The maximum atomic E-state index is 14.3. The van der Waals surface area contributed by atoms with Crippen LogP contribution in [0.5, 0.6) is 0 Å². The molecule has 0 saturated heterocycles. The third-order valence-corrected chi connectivity index (χ3v) is 6.06. The molecule has 162 valence electrons. The number of halogens is 2. The monoisotopic (exact) mass is 426 g/mol. The van der Waals surface area contributed by atoms with Gasteiger partial charge in [0.05, 0.1) is 0 Å². The zero-order valence-electron chi connectivity index (χ0n) is 18.6. The number of rotatable bonds is 7. The first kappa shape index (κ1) is 22.0. The number of benzene rings is 4. The summed E-state index contributed by atoms with van der Waals surface area (Å²) in [6.07, 6.45) is 2.12. The molecule has 0 saturated carbocycles. The van der Waals surface area contributed by atoms with E-state index in [-0.39, 0.29) is 5.56 Å². The smallest absolute Gasteiger partial charge is 0.129 e. The van der Waals surface area contributed by atoms with E-state index in [0.29, 0.717) is 24.3 Å². The Morgan fingerprint density at radius 2 is 1.16 bits per heavy atom. The Labute approximate surface area is 189 Å². The fraction of sp³-hybridized carbons (Fsp3) is 0.200. The Bertz CT molecular complexity index is 1140. The molecule has 0 aliphatic carbocycles. The first-order valence-electron chi connectivity index (χ1n) is 11.3. The molecule has 0 aliphatic rings. The van der Waals surface area contributed by atoms with Crippen LogP contribution in [0.4, 0.5) is 8.78 Å². The van der Waals surface area contributed by atoms with Gasteiger partial charge in [-0.2, -0.15) is 0 Å². The summed E-state index contributed by atoms with van der Waals surface area (Å²) in [6, 6.07) is 29.9. The van der Waals surface area contributed by atoms with E-state index in [1.807, 2.05) is 37.3 Å². The van der Waals surface area contributed by atoms with Crippen LogP contribution in [0.15, 0.2) is 91.0 Å². The van der Waals surface area contributed by atoms with Crippen molar-refractivity contribution in [1.82, 2.24) is 0 Å². The molecule has 0 N–H and O–H groups in total. The van der Waals surface area contributed by atoms with Gasteiger partial charge in [0.2, 0.25) is 0 Å². The van der Waals surface area contributed by atoms with Crippen molar-refractivity contribution < 1.29 is 8.78 Å². The summed E-state index contributed by atoms with van der Waals surface area (Å²) in [6.45, 7) is 4.17. The molecule has 0 heterocycles. The normalized spacial score (nSPS) is 12.0. The highest BCUT2D eigenvalue weighted by molar-refractivity contribution is 5.70. The fourth-order valence-electron chi connectivity index (χ4n) is 4.20. The highest BCUT2D eigenvalue weighted by Gasteiger charge is 2.12. The van der Waals surface area contributed by atoms with Gasteiger partial charge in [0.1, 0.15) is 11.6 Å². The maximum Gasteiger partial charge on any atom is 0.129 e. The van der Waals surface area contributed by atoms with E-state index in [2.05, 4.69) is 55.5 Å². The van der Waals surface area contributed by atoms with Crippen molar-refractivity contribution in [3.8, 4) is 22.3 Å². The third-order valence-electron chi connectivity index (χ3n) is 6.06. The molecule has 4 aromatic rings. The SMILES string of the molecule is CCCc1c(F)cc(-c2ccc(-c3ccc(CC(C)c4ccccc4)cc3)cc2)cc1F. The second-order valence-corrected chi connectivity index (χ2v) is 8.46. The average molecular weight is 427 g/mol. The molecule has 0 aromatic heterocycles. The second kappa shape index (κ2) is 9.91. The first-order chi connectivity index (χ1) is 15.5. The van der Waals surface area contributed by atoms with Gasteiger partial charge in [-0.25, -0.2) is 8.78 Å². The van der Waals surface area contributed by atoms with Crippen molar-refractivity contribution in [3.05, 3.63) is 119 Å². The summed E-state index contributed by atoms with van der Waals surface area (Å²) in [5.41, 5.74) is 6.42. The predicted molar refractivity (Wildman–Crippen MR) is 130 cm³/mol. The zero-order valence-corrected chi connectivity index (χ0v) is 18.6. The van der Waals surface area contributed by atoms with Crippen LogP contribution in [0.1, 0.15) is 42.9 Å². The summed E-state index contributed by atoms with van der Waals surface area (Å²) in [7, 11) is 0. The molecule has 0 bridgehead atoms. The van der Waals surface area contributed by atoms with Crippen LogP contribution in [0.3, 0.4) is 0 Å². The average Bonchev–Trinajstić information content (AvgIpc) is 2.82. The summed E-state index contributed by atoms with van der Waals surface area (Å²) in [5, 5.41) is 0. The highest BCUT2D eigenvalue weighted by Crippen LogP contribution is 2.29. The molecule has 4 rings (SSSR count). The summed E-state index contributed by atoms with van der Waals surface area (Å²) in [4.78, 5) is 0. The van der Waals surface area contributed by atoms with Crippen LogP contribution in [0.25, 0.3) is 22.3 Å². The van der Waals surface area contributed by atoms with Crippen molar-refractivity contribution in [1.29, 1.82) is 0 Å². The van der Waals surface area contributed by atoms with Crippen LogP contribution in [-0.4, -0.2) is 0 Å². The molecule has 1 atom stereocenters. The van der Waals surface area contributed by atoms with Gasteiger partial charge >= 0.3 is 0 Å². The minimum absolute atomic E-state index is 0.176. The van der Waals surface area contributed by atoms with Gasteiger partial charge in [0.15, 0.2) is 0 Å². The number of hydrogen-bond acceptors (Lipinski definition) is 0. The maximum absolute atomic E-state index is 14.3. The highest BCUT2D eigenvalue weighted by atomic mass is 19.1. The van der Waals surface area contributed by atoms with E-state index in [4.69, 9.17) is 0 Å². The lowest BCUT2D eigenvalue weighted by atomic mass is 9.92.